The Morgan fingerprint density at radius 1 is 1.15 bits per heavy atom. The van der Waals surface area contributed by atoms with E-state index in [1.165, 1.54) is 16.7 Å². The molecule has 0 aromatic heterocycles. The minimum Gasteiger partial charge on any atom is -0.497 e. The van der Waals surface area contributed by atoms with Crippen LogP contribution >= 0.6 is 27.5 Å². The number of hydrogen-bond acceptors (Lipinski definition) is 2. The Kier molecular flexibility index (Phi) is 4.01. The lowest BCUT2D eigenvalue weighted by molar-refractivity contribution is 0.134. The summed E-state index contributed by atoms with van der Waals surface area (Å²) in [5, 5.41) is 0.697. The van der Waals surface area contributed by atoms with Crippen LogP contribution in [0.15, 0.2) is 36.4 Å². The molecular formula is C16H14BrClO2. The van der Waals surface area contributed by atoms with Crippen molar-refractivity contribution in [2.45, 2.75) is 18.0 Å². The van der Waals surface area contributed by atoms with Crippen LogP contribution in [-0.4, -0.2) is 7.11 Å². The van der Waals surface area contributed by atoms with Crippen LogP contribution in [0.2, 0.25) is 5.02 Å². The number of rotatable bonds is 3. The first-order valence-corrected chi connectivity index (χ1v) is 7.65. The van der Waals surface area contributed by atoms with Crippen LogP contribution in [0.5, 0.6) is 5.75 Å². The molecule has 104 valence electrons. The van der Waals surface area contributed by atoms with E-state index in [9.17, 15) is 0 Å². The van der Waals surface area contributed by atoms with E-state index in [4.69, 9.17) is 21.1 Å². The molecule has 0 fully saturated rings. The maximum Gasteiger partial charge on any atom is 0.120 e. The lowest BCUT2D eigenvalue weighted by Gasteiger charge is -2.14. The Hall–Kier alpha value is -1.03. The van der Waals surface area contributed by atoms with Crippen molar-refractivity contribution in [3.05, 3.63) is 63.7 Å². The van der Waals surface area contributed by atoms with E-state index in [1.54, 1.807) is 7.11 Å². The Morgan fingerprint density at radius 3 is 2.70 bits per heavy atom. The van der Waals surface area contributed by atoms with E-state index >= 15 is 0 Å². The van der Waals surface area contributed by atoms with E-state index in [-0.39, 0.29) is 4.83 Å². The third-order valence-corrected chi connectivity index (χ3v) is 4.87. The molecular weight excluding hydrogens is 340 g/mol. The molecule has 0 saturated heterocycles. The number of benzene rings is 2. The molecule has 3 rings (SSSR count). The van der Waals surface area contributed by atoms with Gasteiger partial charge >= 0.3 is 0 Å². The number of halogens is 2. The van der Waals surface area contributed by atoms with Crippen LogP contribution in [0.4, 0.5) is 0 Å². The Bertz CT molecular complexity index is 642. The van der Waals surface area contributed by atoms with Gasteiger partial charge in [-0.3, -0.25) is 0 Å². The summed E-state index contributed by atoms with van der Waals surface area (Å²) in [6.07, 6.45) is 0. The molecule has 0 amide bonds. The minimum absolute atomic E-state index is 0.0619. The highest BCUT2D eigenvalue weighted by Crippen LogP contribution is 2.38. The molecule has 4 heteroatoms. The zero-order valence-electron chi connectivity index (χ0n) is 11.0. The zero-order valence-corrected chi connectivity index (χ0v) is 13.4. The molecule has 2 nitrogen and oxygen atoms in total. The molecule has 1 aliphatic heterocycles. The second kappa shape index (κ2) is 5.76. The predicted octanol–water partition coefficient (Wildman–Crippen LogP) is 4.86. The highest BCUT2D eigenvalue weighted by atomic mass is 79.9. The number of ether oxygens (including phenoxy) is 2. The molecule has 2 aromatic carbocycles. The fourth-order valence-corrected chi connectivity index (χ4v) is 3.47. The predicted molar refractivity (Wildman–Crippen MR) is 83.7 cm³/mol. The summed E-state index contributed by atoms with van der Waals surface area (Å²) in [4.78, 5) is 0.0619. The van der Waals surface area contributed by atoms with Crippen molar-refractivity contribution in [3.8, 4) is 5.75 Å². The van der Waals surface area contributed by atoms with Crippen LogP contribution in [0.1, 0.15) is 27.1 Å². The first-order chi connectivity index (χ1) is 9.69. The van der Waals surface area contributed by atoms with Gasteiger partial charge in [0.2, 0.25) is 0 Å². The Labute approximate surface area is 131 Å². The van der Waals surface area contributed by atoms with Gasteiger partial charge < -0.3 is 9.47 Å². The monoisotopic (exact) mass is 352 g/mol. The molecule has 2 aromatic rings. The van der Waals surface area contributed by atoms with Gasteiger partial charge in [-0.1, -0.05) is 51.8 Å². The molecule has 0 N–H and O–H groups in total. The van der Waals surface area contributed by atoms with E-state index in [0.29, 0.717) is 18.2 Å². The summed E-state index contributed by atoms with van der Waals surface area (Å²) < 4.78 is 10.6. The molecule has 1 atom stereocenters. The maximum absolute atomic E-state index is 6.34. The highest BCUT2D eigenvalue weighted by Gasteiger charge is 2.18. The van der Waals surface area contributed by atoms with Crippen LogP contribution in [0.3, 0.4) is 0 Å². The lowest BCUT2D eigenvalue weighted by atomic mass is 10.0. The fraction of sp³-hybridized carbons (Fsp3) is 0.250. The summed E-state index contributed by atoms with van der Waals surface area (Å²) in [7, 11) is 1.64. The Morgan fingerprint density at radius 2 is 1.95 bits per heavy atom. The Balaban J connectivity index is 1.94. The fourth-order valence-electron chi connectivity index (χ4n) is 2.37. The van der Waals surface area contributed by atoms with Crippen molar-refractivity contribution >= 4 is 27.5 Å². The van der Waals surface area contributed by atoms with Gasteiger partial charge in [-0.25, -0.2) is 0 Å². The first-order valence-electron chi connectivity index (χ1n) is 6.36. The third-order valence-electron chi connectivity index (χ3n) is 3.52. The molecule has 0 radical (unpaired) electrons. The van der Waals surface area contributed by atoms with Crippen molar-refractivity contribution in [2.24, 2.45) is 0 Å². The zero-order chi connectivity index (χ0) is 14.1. The topological polar surface area (TPSA) is 18.5 Å². The van der Waals surface area contributed by atoms with Crippen molar-refractivity contribution in [3.63, 3.8) is 0 Å². The average molecular weight is 354 g/mol. The SMILES string of the molecule is COc1ccc(C(Br)c2ccc3c(c2)COC3)c(Cl)c1. The molecule has 1 aliphatic rings. The van der Waals surface area contributed by atoms with E-state index in [0.717, 1.165) is 11.3 Å². The maximum atomic E-state index is 6.34. The summed E-state index contributed by atoms with van der Waals surface area (Å²) in [6, 6.07) is 12.2. The summed E-state index contributed by atoms with van der Waals surface area (Å²) in [5.41, 5.74) is 4.75. The van der Waals surface area contributed by atoms with Crippen LogP contribution < -0.4 is 4.74 Å². The van der Waals surface area contributed by atoms with Crippen molar-refractivity contribution in [2.75, 3.05) is 7.11 Å². The average Bonchev–Trinajstić information content (AvgIpc) is 2.93. The van der Waals surface area contributed by atoms with Crippen molar-refractivity contribution < 1.29 is 9.47 Å². The van der Waals surface area contributed by atoms with Gasteiger partial charge in [0.15, 0.2) is 0 Å². The second-order valence-electron chi connectivity index (χ2n) is 4.77. The van der Waals surface area contributed by atoms with Gasteiger partial charge in [0.25, 0.3) is 0 Å². The van der Waals surface area contributed by atoms with Gasteiger partial charge in [0, 0.05) is 5.02 Å². The highest BCUT2D eigenvalue weighted by molar-refractivity contribution is 9.09. The molecule has 0 aliphatic carbocycles. The second-order valence-corrected chi connectivity index (χ2v) is 6.09. The van der Waals surface area contributed by atoms with Gasteiger partial charge in [-0.15, -0.1) is 0 Å². The molecule has 0 saturated carbocycles. The number of methoxy groups -OCH3 is 1. The molecule has 0 spiro atoms. The molecule has 1 heterocycles. The summed E-state index contributed by atoms with van der Waals surface area (Å²) >= 11 is 10.1. The number of fused-ring (bicyclic) bond motifs is 1. The van der Waals surface area contributed by atoms with E-state index in [1.807, 2.05) is 18.2 Å². The van der Waals surface area contributed by atoms with Crippen LogP contribution in [-0.2, 0) is 18.0 Å². The van der Waals surface area contributed by atoms with E-state index in [2.05, 4.69) is 34.1 Å². The van der Waals surface area contributed by atoms with Crippen molar-refractivity contribution in [1.29, 1.82) is 0 Å². The van der Waals surface area contributed by atoms with Gasteiger partial charge in [-0.2, -0.15) is 0 Å². The van der Waals surface area contributed by atoms with Gasteiger partial charge in [-0.05, 0) is 34.4 Å². The van der Waals surface area contributed by atoms with Gasteiger partial charge in [0.05, 0.1) is 25.2 Å². The quantitative estimate of drug-likeness (QED) is 0.733. The lowest BCUT2D eigenvalue weighted by Crippen LogP contribution is -1.96. The smallest absolute Gasteiger partial charge is 0.120 e. The number of alkyl halides is 1. The summed E-state index contributed by atoms with van der Waals surface area (Å²) in [6.45, 7) is 1.41. The standard InChI is InChI=1S/C16H14BrClO2/c1-19-13-4-5-14(15(18)7-13)16(17)10-2-3-11-8-20-9-12(11)6-10/h2-7,16H,8-9H2,1H3. The van der Waals surface area contributed by atoms with Gasteiger partial charge in [0.1, 0.15) is 5.75 Å². The summed E-state index contributed by atoms with van der Waals surface area (Å²) in [5.74, 6) is 0.765. The van der Waals surface area contributed by atoms with Crippen LogP contribution in [0, 0.1) is 0 Å². The van der Waals surface area contributed by atoms with Crippen molar-refractivity contribution in [1.82, 2.24) is 0 Å². The van der Waals surface area contributed by atoms with E-state index < -0.39 is 0 Å². The largest absolute Gasteiger partial charge is 0.497 e. The molecule has 1 unspecified atom stereocenters. The normalized spacial score (nSPS) is 14.9. The number of hydrogen-bond donors (Lipinski definition) is 0. The third kappa shape index (κ3) is 2.58. The minimum atomic E-state index is 0.0619. The van der Waals surface area contributed by atoms with Crippen LogP contribution in [0.25, 0.3) is 0 Å². The first kappa shape index (κ1) is 13.9. The molecule has 20 heavy (non-hydrogen) atoms. The molecule has 0 bridgehead atoms.